The number of nitrogens with zero attached hydrogens (tertiary/aromatic N) is 1. The van der Waals surface area contributed by atoms with Gasteiger partial charge in [-0.15, -0.1) is 0 Å². The van der Waals surface area contributed by atoms with Crippen molar-refractivity contribution in [2.75, 3.05) is 19.5 Å². The second-order valence-electron chi connectivity index (χ2n) is 2.51. The molecule has 1 heterocycles. The molecule has 0 aliphatic heterocycles. The minimum absolute atomic E-state index is 0.748. The first-order valence-electron chi connectivity index (χ1n) is 4.00. The van der Waals surface area contributed by atoms with E-state index in [0.29, 0.717) is 0 Å². The molecule has 0 atom stereocenters. The molecule has 0 saturated heterocycles. The zero-order chi connectivity index (χ0) is 9.52. The van der Waals surface area contributed by atoms with Gasteiger partial charge in [-0.25, -0.2) is 0 Å². The van der Waals surface area contributed by atoms with Crippen LogP contribution in [0.5, 0.6) is 0 Å². The van der Waals surface area contributed by atoms with Crippen LogP contribution in [0.4, 0.5) is 0 Å². The van der Waals surface area contributed by atoms with Crippen molar-refractivity contribution >= 4 is 23.4 Å². The highest BCUT2D eigenvalue weighted by Gasteiger charge is 1.95. The number of pyridine rings is 1. The molecule has 72 valence electrons. The van der Waals surface area contributed by atoms with Gasteiger partial charge in [-0.1, -0.05) is 11.6 Å². The van der Waals surface area contributed by atoms with E-state index in [4.69, 9.17) is 16.3 Å². The van der Waals surface area contributed by atoms with E-state index in [0.717, 1.165) is 28.8 Å². The van der Waals surface area contributed by atoms with E-state index in [-0.39, 0.29) is 0 Å². The summed E-state index contributed by atoms with van der Waals surface area (Å²) >= 11 is 7.60. The topological polar surface area (TPSA) is 22.1 Å². The van der Waals surface area contributed by atoms with Crippen molar-refractivity contribution < 1.29 is 4.74 Å². The van der Waals surface area contributed by atoms with Crippen LogP contribution >= 0.6 is 23.4 Å². The van der Waals surface area contributed by atoms with Gasteiger partial charge in [0.15, 0.2) is 0 Å². The molecule has 0 bridgehead atoms. The Hall–Kier alpha value is -0.250. The summed E-state index contributed by atoms with van der Waals surface area (Å²) in [4.78, 5) is 4.19. The van der Waals surface area contributed by atoms with Crippen molar-refractivity contribution in [3.05, 3.63) is 29.0 Å². The van der Waals surface area contributed by atoms with Gasteiger partial charge in [0.2, 0.25) is 0 Å². The second-order valence-corrected chi connectivity index (χ2v) is 4.05. The number of methoxy groups -OCH3 is 1. The van der Waals surface area contributed by atoms with E-state index in [1.165, 1.54) is 0 Å². The number of rotatable bonds is 5. The average molecular weight is 218 g/mol. The SMILES string of the molecule is COCCSCc1cc(Cl)ccn1. The van der Waals surface area contributed by atoms with Gasteiger partial charge in [-0.05, 0) is 12.1 Å². The maximum atomic E-state index is 5.81. The van der Waals surface area contributed by atoms with Crippen molar-refractivity contribution in [1.82, 2.24) is 4.98 Å². The highest BCUT2D eigenvalue weighted by molar-refractivity contribution is 7.98. The van der Waals surface area contributed by atoms with Crippen LogP contribution in [0.15, 0.2) is 18.3 Å². The van der Waals surface area contributed by atoms with Gasteiger partial charge in [0.05, 0.1) is 12.3 Å². The monoisotopic (exact) mass is 217 g/mol. The van der Waals surface area contributed by atoms with E-state index < -0.39 is 0 Å². The Morgan fingerprint density at radius 2 is 2.46 bits per heavy atom. The van der Waals surface area contributed by atoms with Gasteiger partial charge in [-0.3, -0.25) is 4.98 Å². The summed E-state index contributed by atoms with van der Waals surface area (Å²) in [5.74, 6) is 1.88. The van der Waals surface area contributed by atoms with Crippen LogP contribution in [-0.2, 0) is 10.5 Å². The molecule has 2 nitrogen and oxygen atoms in total. The third-order valence-corrected chi connectivity index (χ3v) is 2.65. The summed E-state index contributed by atoms with van der Waals surface area (Å²) in [6.07, 6.45) is 1.73. The largest absolute Gasteiger partial charge is 0.384 e. The second kappa shape index (κ2) is 6.24. The predicted octanol–water partition coefficient (Wildman–Crippen LogP) is 2.61. The fourth-order valence-electron chi connectivity index (χ4n) is 0.847. The number of thioether (sulfide) groups is 1. The lowest BCUT2D eigenvalue weighted by Gasteiger charge is -2.00. The molecule has 1 aromatic rings. The molecule has 0 fully saturated rings. The maximum Gasteiger partial charge on any atom is 0.0553 e. The molecule has 0 radical (unpaired) electrons. The van der Waals surface area contributed by atoms with Crippen LogP contribution in [0.1, 0.15) is 5.69 Å². The standard InChI is InChI=1S/C9H12ClNOS/c1-12-4-5-13-7-9-6-8(10)2-3-11-9/h2-3,6H,4-5,7H2,1H3. The van der Waals surface area contributed by atoms with E-state index in [1.807, 2.05) is 6.07 Å². The molecule has 0 aromatic carbocycles. The number of ether oxygens (including phenoxy) is 1. The highest BCUT2D eigenvalue weighted by atomic mass is 35.5. The van der Waals surface area contributed by atoms with E-state index in [2.05, 4.69) is 4.98 Å². The lowest BCUT2D eigenvalue weighted by Crippen LogP contribution is -1.93. The molecule has 1 aromatic heterocycles. The number of hydrogen-bond donors (Lipinski definition) is 0. The van der Waals surface area contributed by atoms with Crippen molar-refractivity contribution in [2.45, 2.75) is 5.75 Å². The molecule has 13 heavy (non-hydrogen) atoms. The Kier molecular flexibility index (Phi) is 5.20. The van der Waals surface area contributed by atoms with Gasteiger partial charge >= 0.3 is 0 Å². The lowest BCUT2D eigenvalue weighted by molar-refractivity contribution is 0.218. The third-order valence-electron chi connectivity index (χ3n) is 1.46. The minimum atomic E-state index is 0.748. The minimum Gasteiger partial charge on any atom is -0.384 e. The maximum absolute atomic E-state index is 5.81. The van der Waals surface area contributed by atoms with Crippen LogP contribution in [0.3, 0.4) is 0 Å². The molecule has 0 aliphatic rings. The van der Waals surface area contributed by atoms with Crippen LogP contribution in [-0.4, -0.2) is 24.5 Å². The molecule has 0 spiro atoms. The van der Waals surface area contributed by atoms with Gasteiger partial charge in [0.1, 0.15) is 0 Å². The highest BCUT2D eigenvalue weighted by Crippen LogP contribution is 2.13. The molecule has 1 rings (SSSR count). The smallest absolute Gasteiger partial charge is 0.0553 e. The number of aromatic nitrogens is 1. The van der Waals surface area contributed by atoms with Crippen molar-refractivity contribution in [3.8, 4) is 0 Å². The zero-order valence-corrected chi connectivity index (χ0v) is 9.07. The number of halogens is 1. The molecular formula is C9H12ClNOS. The normalized spacial score (nSPS) is 10.3. The Morgan fingerprint density at radius 1 is 1.62 bits per heavy atom. The fourth-order valence-corrected chi connectivity index (χ4v) is 1.82. The summed E-state index contributed by atoms with van der Waals surface area (Å²) in [7, 11) is 1.71. The van der Waals surface area contributed by atoms with Crippen LogP contribution in [0, 0.1) is 0 Å². The Morgan fingerprint density at radius 3 is 3.15 bits per heavy atom. The fraction of sp³-hybridized carbons (Fsp3) is 0.444. The summed E-state index contributed by atoms with van der Waals surface area (Å²) in [5, 5.41) is 0.748. The summed E-state index contributed by atoms with van der Waals surface area (Å²) in [6, 6.07) is 3.67. The van der Waals surface area contributed by atoms with Crippen molar-refractivity contribution in [2.24, 2.45) is 0 Å². The summed E-state index contributed by atoms with van der Waals surface area (Å²) in [6.45, 7) is 0.783. The Bertz CT molecular complexity index is 257. The molecule has 4 heteroatoms. The molecule has 0 amide bonds. The lowest BCUT2D eigenvalue weighted by atomic mass is 10.4. The Balaban J connectivity index is 2.28. The number of hydrogen-bond acceptors (Lipinski definition) is 3. The van der Waals surface area contributed by atoms with E-state index in [1.54, 1.807) is 31.1 Å². The van der Waals surface area contributed by atoms with Crippen LogP contribution in [0.2, 0.25) is 5.02 Å². The van der Waals surface area contributed by atoms with E-state index in [9.17, 15) is 0 Å². The molecule has 0 unspecified atom stereocenters. The first kappa shape index (κ1) is 10.8. The van der Waals surface area contributed by atoms with Gasteiger partial charge in [-0.2, -0.15) is 11.8 Å². The molecular weight excluding hydrogens is 206 g/mol. The van der Waals surface area contributed by atoms with Gasteiger partial charge in [0, 0.05) is 29.8 Å². The van der Waals surface area contributed by atoms with Crippen molar-refractivity contribution in [1.29, 1.82) is 0 Å². The molecule has 0 saturated carbocycles. The average Bonchev–Trinajstić information content (AvgIpc) is 2.13. The van der Waals surface area contributed by atoms with Crippen LogP contribution in [0.25, 0.3) is 0 Å². The van der Waals surface area contributed by atoms with Crippen LogP contribution < -0.4 is 0 Å². The molecule has 0 N–H and O–H groups in total. The van der Waals surface area contributed by atoms with Gasteiger partial charge < -0.3 is 4.74 Å². The Labute approximate surface area is 87.7 Å². The quantitative estimate of drug-likeness (QED) is 0.708. The summed E-state index contributed by atoms with van der Waals surface area (Å²) < 4.78 is 4.94. The van der Waals surface area contributed by atoms with E-state index >= 15 is 0 Å². The third kappa shape index (κ3) is 4.50. The van der Waals surface area contributed by atoms with Gasteiger partial charge in [0.25, 0.3) is 0 Å². The van der Waals surface area contributed by atoms with Crippen molar-refractivity contribution in [3.63, 3.8) is 0 Å². The first-order chi connectivity index (χ1) is 6.33. The summed E-state index contributed by atoms with van der Waals surface area (Å²) in [5.41, 5.74) is 1.02. The predicted molar refractivity (Wildman–Crippen MR) is 57.3 cm³/mol. The zero-order valence-electron chi connectivity index (χ0n) is 7.50. The first-order valence-corrected chi connectivity index (χ1v) is 5.53. The molecule has 0 aliphatic carbocycles.